The third-order valence-electron chi connectivity index (χ3n) is 3.63. The lowest BCUT2D eigenvalue weighted by Gasteiger charge is -2.09. The molecule has 0 aliphatic rings. The van der Waals surface area contributed by atoms with E-state index < -0.39 is 0 Å². The standard InChI is InChI=1S/C20H18N2OS/c1-15(24-18-11-3-2-4-12-18)20(23)22-21-14-17-10-7-9-16-8-5-6-13-19(16)17/h2-15H,1H3,(H,22,23)/b21-14-/t15-/m0/s1. The van der Waals surface area contributed by atoms with Gasteiger partial charge < -0.3 is 0 Å². The molecule has 24 heavy (non-hydrogen) atoms. The number of hydrogen-bond donors (Lipinski definition) is 1. The van der Waals surface area contributed by atoms with E-state index in [2.05, 4.69) is 22.7 Å². The Morgan fingerprint density at radius 3 is 2.54 bits per heavy atom. The zero-order valence-electron chi connectivity index (χ0n) is 13.3. The summed E-state index contributed by atoms with van der Waals surface area (Å²) in [5, 5.41) is 6.17. The zero-order valence-corrected chi connectivity index (χ0v) is 14.2. The second kappa shape index (κ2) is 7.79. The molecule has 1 atom stereocenters. The summed E-state index contributed by atoms with van der Waals surface area (Å²) in [6, 6.07) is 24.0. The molecule has 0 saturated heterocycles. The Balaban J connectivity index is 1.64. The van der Waals surface area contributed by atoms with Crippen LogP contribution in [0.25, 0.3) is 10.8 Å². The Morgan fingerprint density at radius 2 is 1.71 bits per heavy atom. The average molecular weight is 334 g/mol. The average Bonchev–Trinajstić information content (AvgIpc) is 2.62. The minimum Gasteiger partial charge on any atom is -0.272 e. The maximum absolute atomic E-state index is 12.2. The summed E-state index contributed by atoms with van der Waals surface area (Å²) in [5.74, 6) is -0.111. The van der Waals surface area contributed by atoms with Crippen molar-refractivity contribution in [3.05, 3.63) is 78.4 Å². The Morgan fingerprint density at radius 1 is 1.00 bits per heavy atom. The summed E-state index contributed by atoms with van der Waals surface area (Å²) in [6.07, 6.45) is 1.69. The van der Waals surface area contributed by atoms with E-state index in [1.807, 2.05) is 67.6 Å². The van der Waals surface area contributed by atoms with E-state index in [1.54, 1.807) is 6.21 Å². The van der Waals surface area contributed by atoms with Crippen LogP contribution < -0.4 is 5.43 Å². The number of benzene rings is 3. The van der Waals surface area contributed by atoms with Gasteiger partial charge in [-0.05, 0) is 29.8 Å². The summed E-state index contributed by atoms with van der Waals surface area (Å²) in [5.41, 5.74) is 3.61. The number of amides is 1. The molecule has 4 heteroatoms. The number of nitrogens with zero attached hydrogens (tertiary/aromatic N) is 1. The second-order valence-electron chi connectivity index (χ2n) is 5.38. The van der Waals surface area contributed by atoms with Crippen molar-refractivity contribution in [2.75, 3.05) is 0 Å². The molecule has 0 bridgehead atoms. The molecular formula is C20H18N2OS. The number of fused-ring (bicyclic) bond motifs is 1. The molecule has 3 rings (SSSR count). The molecule has 3 aromatic carbocycles. The molecule has 3 nitrogen and oxygen atoms in total. The fourth-order valence-electron chi connectivity index (χ4n) is 2.38. The molecule has 0 fully saturated rings. The molecule has 0 aliphatic carbocycles. The van der Waals surface area contributed by atoms with Gasteiger partial charge in [-0.2, -0.15) is 5.10 Å². The molecule has 0 aromatic heterocycles. The van der Waals surface area contributed by atoms with E-state index in [9.17, 15) is 4.79 Å². The quantitative estimate of drug-likeness (QED) is 0.425. The molecule has 3 aromatic rings. The summed E-state index contributed by atoms with van der Waals surface area (Å²) in [7, 11) is 0. The molecule has 0 unspecified atom stereocenters. The first-order chi connectivity index (χ1) is 11.7. The van der Waals surface area contributed by atoms with Gasteiger partial charge in [-0.3, -0.25) is 4.79 Å². The number of hydrazone groups is 1. The van der Waals surface area contributed by atoms with Crippen molar-refractivity contribution in [1.82, 2.24) is 5.43 Å². The molecule has 1 N–H and O–H groups in total. The lowest BCUT2D eigenvalue weighted by Crippen LogP contribution is -2.26. The Bertz CT molecular complexity index is 856. The van der Waals surface area contributed by atoms with Gasteiger partial charge in [0.25, 0.3) is 5.91 Å². The Hall–Kier alpha value is -2.59. The van der Waals surface area contributed by atoms with Crippen LogP contribution in [-0.4, -0.2) is 17.4 Å². The summed E-state index contributed by atoms with van der Waals surface area (Å²) < 4.78 is 0. The van der Waals surface area contributed by atoms with Gasteiger partial charge in [0.1, 0.15) is 0 Å². The minimum atomic E-state index is -0.211. The van der Waals surface area contributed by atoms with E-state index >= 15 is 0 Å². The van der Waals surface area contributed by atoms with E-state index in [1.165, 1.54) is 11.8 Å². The van der Waals surface area contributed by atoms with Crippen molar-refractivity contribution in [2.24, 2.45) is 5.10 Å². The minimum absolute atomic E-state index is 0.111. The van der Waals surface area contributed by atoms with Crippen LogP contribution in [0, 0.1) is 0 Å². The predicted octanol–water partition coefficient (Wildman–Crippen LogP) is 4.47. The smallest absolute Gasteiger partial charge is 0.253 e. The van der Waals surface area contributed by atoms with Gasteiger partial charge in [-0.1, -0.05) is 60.7 Å². The van der Waals surface area contributed by atoms with Crippen LogP contribution in [0.15, 0.2) is 82.8 Å². The van der Waals surface area contributed by atoms with Crippen molar-refractivity contribution in [2.45, 2.75) is 17.1 Å². The highest BCUT2D eigenvalue weighted by atomic mass is 32.2. The summed E-state index contributed by atoms with van der Waals surface area (Å²) in [4.78, 5) is 13.2. The highest BCUT2D eigenvalue weighted by Crippen LogP contribution is 2.22. The molecule has 0 saturated carbocycles. The van der Waals surface area contributed by atoms with Gasteiger partial charge in [0.05, 0.1) is 11.5 Å². The first-order valence-corrected chi connectivity index (χ1v) is 8.64. The second-order valence-corrected chi connectivity index (χ2v) is 6.79. The maximum atomic E-state index is 12.2. The number of carbonyl (C=O) groups is 1. The van der Waals surface area contributed by atoms with E-state index in [4.69, 9.17) is 0 Å². The number of nitrogens with one attached hydrogen (secondary N) is 1. The highest BCUT2D eigenvalue weighted by Gasteiger charge is 2.13. The summed E-state index contributed by atoms with van der Waals surface area (Å²) in [6.45, 7) is 1.88. The molecule has 120 valence electrons. The Kier molecular flexibility index (Phi) is 5.29. The van der Waals surface area contributed by atoms with Gasteiger partial charge in [0, 0.05) is 10.5 Å². The van der Waals surface area contributed by atoms with Crippen LogP contribution in [0.1, 0.15) is 12.5 Å². The molecule has 1 amide bonds. The van der Waals surface area contributed by atoms with Gasteiger partial charge >= 0.3 is 0 Å². The van der Waals surface area contributed by atoms with Crippen molar-refractivity contribution in [3.63, 3.8) is 0 Å². The first kappa shape index (κ1) is 16.3. The topological polar surface area (TPSA) is 41.5 Å². The van der Waals surface area contributed by atoms with E-state index in [0.717, 1.165) is 21.2 Å². The van der Waals surface area contributed by atoms with E-state index in [-0.39, 0.29) is 11.2 Å². The fraction of sp³-hybridized carbons (Fsp3) is 0.100. The molecule has 0 radical (unpaired) electrons. The van der Waals surface area contributed by atoms with E-state index in [0.29, 0.717) is 0 Å². The zero-order chi connectivity index (χ0) is 16.8. The van der Waals surface area contributed by atoms with Crippen molar-refractivity contribution < 1.29 is 4.79 Å². The van der Waals surface area contributed by atoms with Crippen LogP contribution >= 0.6 is 11.8 Å². The van der Waals surface area contributed by atoms with Crippen molar-refractivity contribution in [1.29, 1.82) is 0 Å². The third kappa shape index (κ3) is 4.03. The monoisotopic (exact) mass is 334 g/mol. The maximum Gasteiger partial charge on any atom is 0.253 e. The highest BCUT2D eigenvalue weighted by molar-refractivity contribution is 8.00. The number of rotatable bonds is 5. The van der Waals surface area contributed by atoms with Crippen LogP contribution in [-0.2, 0) is 4.79 Å². The predicted molar refractivity (Wildman–Crippen MR) is 101 cm³/mol. The third-order valence-corrected chi connectivity index (χ3v) is 4.74. The first-order valence-electron chi connectivity index (χ1n) is 7.76. The van der Waals surface area contributed by atoms with Gasteiger partial charge in [-0.15, -0.1) is 11.8 Å². The molecule has 0 aliphatic heterocycles. The fourth-order valence-corrected chi connectivity index (χ4v) is 3.26. The normalized spacial score (nSPS) is 12.4. The van der Waals surface area contributed by atoms with Gasteiger partial charge in [0.2, 0.25) is 0 Å². The van der Waals surface area contributed by atoms with Crippen LogP contribution in [0.2, 0.25) is 0 Å². The van der Waals surface area contributed by atoms with Gasteiger partial charge in [0.15, 0.2) is 0 Å². The summed E-state index contributed by atoms with van der Waals surface area (Å²) >= 11 is 1.51. The Labute approximate surface area is 145 Å². The van der Waals surface area contributed by atoms with Crippen LogP contribution in [0.3, 0.4) is 0 Å². The lowest BCUT2D eigenvalue weighted by molar-refractivity contribution is -0.120. The lowest BCUT2D eigenvalue weighted by atomic mass is 10.1. The molecule has 0 heterocycles. The molecule has 0 spiro atoms. The van der Waals surface area contributed by atoms with Crippen molar-refractivity contribution in [3.8, 4) is 0 Å². The van der Waals surface area contributed by atoms with Gasteiger partial charge in [-0.25, -0.2) is 5.43 Å². The van der Waals surface area contributed by atoms with Crippen LogP contribution in [0.4, 0.5) is 0 Å². The van der Waals surface area contributed by atoms with Crippen LogP contribution in [0.5, 0.6) is 0 Å². The number of hydrogen-bond acceptors (Lipinski definition) is 3. The molecular weight excluding hydrogens is 316 g/mol. The number of thioether (sulfide) groups is 1. The largest absolute Gasteiger partial charge is 0.272 e. The van der Waals surface area contributed by atoms with Crippen molar-refractivity contribution >= 4 is 34.7 Å². The number of carbonyl (C=O) groups excluding carboxylic acids is 1. The SMILES string of the molecule is C[C@H](Sc1ccccc1)C(=O)N/N=C\c1cccc2ccccc12.